The minimum Gasteiger partial charge on any atom is -0.457 e. The lowest BCUT2D eigenvalue weighted by molar-refractivity contribution is -0.576. The Kier molecular flexibility index (Phi) is 8.39. The second-order valence-electron chi connectivity index (χ2n) is 18.1. The van der Waals surface area contributed by atoms with Crippen LogP contribution in [0.25, 0.3) is 10.8 Å². The van der Waals surface area contributed by atoms with E-state index in [1.165, 1.54) is 0 Å². The van der Waals surface area contributed by atoms with Crippen LogP contribution >= 0.6 is 0 Å². The molecule has 12 atom stereocenters. The molecule has 12 nitrogen and oxygen atoms in total. The zero-order valence-electron chi connectivity index (χ0n) is 33.2. The molecule has 6 heterocycles. The molecule has 57 heavy (non-hydrogen) atoms. The van der Waals surface area contributed by atoms with E-state index < -0.39 is 59.8 Å². The molecule has 8 aliphatic rings. The topological polar surface area (TPSA) is 145 Å². The maximum Gasteiger partial charge on any atom is 0.308 e. The van der Waals surface area contributed by atoms with Gasteiger partial charge in [-0.3, -0.25) is 19.2 Å². The first-order valence-electron chi connectivity index (χ1n) is 20.5. The highest BCUT2D eigenvalue weighted by molar-refractivity contribution is 6.33. The highest BCUT2D eigenvalue weighted by Gasteiger charge is 2.70. The third kappa shape index (κ3) is 5.50. The van der Waals surface area contributed by atoms with Gasteiger partial charge in [0.2, 0.25) is 12.1 Å². The van der Waals surface area contributed by atoms with Crippen LogP contribution in [0.4, 0.5) is 5.69 Å². The van der Waals surface area contributed by atoms with Gasteiger partial charge in [-0.05, 0) is 81.7 Å². The largest absolute Gasteiger partial charge is 0.457 e. The molecule has 0 amide bonds. The summed E-state index contributed by atoms with van der Waals surface area (Å²) in [4.78, 5) is 67.3. The van der Waals surface area contributed by atoms with Crippen molar-refractivity contribution in [3.8, 4) is 0 Å². The van der Waals surface area contributed by atoms with Crippen LogP contribution in [-0.2, 0) is 43.0 Å². The van der Waals surface area contributed by atoms with E-state index >= 15 is 0 Å². The van der Waals surface area contributed by atoms with Gasteiger partial charge in [0.25, 0.3) is 0 Å². The van der Waals surface area contributed by atoms with Crippen molar-refractivity contribution in [1.82, 2.24) is 0 Å². The highest BCUT2D eigenvalue weighted by Crippen LogP contribution is 2.61. The van der Waals surface area contributed by atoms with Crippen LogP contribution in [-0.4, -0.2) is 65.2 Å². The standard InChI is InChI=1S/C45H49NO11/c1-21-7-10-26-25(19-21)9-11-28-35(26)38(49)29-13-12-27-32-20-43(5,46-37(27)36(29)39(28)50)40(24(4)51-32)52-33(47)15-16-34(48)53-41-23(3)31-14-8-22(2)30-17-18-44(6)55-42(54-41)45(30,31)57-56-44/h7,9-13,19,22-24,30-32,40-42,46H,8,14-18,20H2,1-6H3/t22-,23-,24+,30+,31+,32?,40+,41?,42-,43?,44-,45-/m1/s1. The van der Waals surface area contributed by atoms with Crippen LogP contribution in [0.3, 0.4) is 0 Å². The number of ether oxygens (including phenoxy) is 5. The predicted molar refractivity (Wildman–Crippen MR) is 204 cm³/mol. The van der Waals surface area contributed by atoms with Gasteiger partial charge >= 0.3 is 11.9 Å². The average molecular weight is 780 g/mol. The van der Waals surface area contributed by atoms with E-state index in [1.807, 2.05) is 65.0 Å². The van der Waals surface area contributed by atoms with Crippen molar-refractivity contribution in [2.75, 3.05) is 5.32 Å². The molecule has 3 aromatic rings. The van der Waals surface area contributed by atoms with Gasteiger partial charge in [0.1, 0.15) is 0 Å². The molecule has 0 aromatic heterocycles. The summed E-state index contributed by atoms with van der Waals surface area (Å²) in [6.45, 7) is 11.9. The predicted octanol–water partition coefficient (Wildman–Crippen LogP) is 7.40. The summed E-state index contributed by atoms with van der Waals surface area (Å²) in [5.74, 6) is -2.18. The molecule has 6 aliphatic heterocycles. The first-order chi connectivity index (χ1) is 27.2. The third-order valence-corrected chi connectivity index (χ3v) is 14.3. The van der Waals surface area contributed by atoms with Crippen LogP contribution in [0.15, 0.2) is 42.5 Å². The molecule has 3 unspecified atom stereocenters. The van der Waals surface area contributed by atoms with E-state index in [1.54, 1.807) is 12.1 Å². The van der Waals surface area contributed by atoms with Gasteiger partial charge in [0.15, 0.2) is 29.6 Å². The quantitative estimate of drug-likeness (QED) is 0.159. The summed E-state index contributed by atoms with van der Waals surface area (Å²) in [7, 11) is 0. The molecule has 3 aromatic carbocycles. The van der Waals surface area contributed by atoms with Crippen molar-refractivity contribution in [3.63, 3.8) is 0 Å². The Morgan fingerprint density at radius 3 is 2.39 bits per heavy atom. The molecular weight excluding hydrogens is 730 g/mol. The number of aryl methyl sites for hydroxylation is 1. The summed E-state index contributed by atoms with van der Waals surface area (Å²) >= 11 is 0. The number of hydrogen-bond donors (Lipinski definition) is 1. The van der Waals surface area contributed by atoms with E-state index in [9.17, 15) is 19.2 Å². The number of carbonyl (C=O) groups excluding carboxylic acids is 4. The normalized spacial score (nSPS) is 38.5. The molecule has 4 bridgehead atoms. The number of ketones is 2. The molecule has 5 saturated heterocycles. The van der Waals surface area contributed by atoms with Gasteiger partial charge in [-0.2, -0.15) is 0 Å². The van der Waals surface area contributed by atoms with Gasteiger partial charge in [-0.15, -0.1) is 0 Å². The smallest absolute Gasteiger partial charge is 0.308 e. The Bertz CT molecular complexity index is 2250. The van der Waals surface area contributed by atoms with Crippen LogP contribution in [0, 0.1) is 30.6 Å². The molecule has 1 spiro atoms. The molecular formula is C45H49NO11. The fourth-order valence-electron chi connectivity index (χ4n) is 11.4. The Hall–Kier alpha value is -4.20. The van der Waals surface area contributed by atoms with Crippen LogP contribution in [0.5, 0.6) is 0 Å². The van der Waals surface area contributed by atoms with Crippen molar-refractivity contribution in [2.24, 2.45) is 23.7 Å². The first-order valence-corrected chi connectivity index (χ1v) is 20.5. The fraction of sp³-hybridized carbons (Fsp3) is 0.556. The molecule has 12 heteroatoms. The molecule has 1 N–H and O–H groups in total. The fourth-order valence-corrected chi connectivity index (χ4v) is 11.4. The number of esters is 2. The van der Waals surface area contributed by atoms with E-state index in [4.69, 9.17) is 33.5 Å². The molecule has 0 radical (unpaired) electrons. The molecule has 11 rings (SSSR count). The maximum atomic E-state index is 14.3. The monoisotopic (exact) mass is 779 g/mol. The van der Waals surface area contributed by atoms with Crippen molar-refractivity contribution in [3.05, 3.63) is 75.8 Å². The Morgan fingerprint density at radius 2 is 1.58 bits per heavy atom. The van der Waals surface area contributed by atoms with E-state index in [2.05, 4.69) is 12.2 Å². The SMILES string of the molecule is Cc1ccc2c3c(ccc2c1)C(=O)c1c(ccc2c1NC1(C)CC2O[C@@H](C)[C@@H]1OC(=O)CCC(=O)OC1O[C@@H]2O[C@@]4(C)CC[C@H]5[C@H](C)CC[C@@H]([C@H]1C)[C@@]25OO4)C3=O. The third-order valence-electron chi connectivity index (χ3n) is 14.3. The van der Waals surface area contributed by atoms with E-state index in [0.29, 0.717) is 46.7 Å². The van der Waals surface area contributed by atoms with E-state index in [0.717, 1.165) is 41.2 Å². The summed E-state index contributed by atoms with van der Waals surface area (Å²) in [5, 5.41) is 5.21. The van der Waals surface area contributed by atoms with Crippen LogP contribution < -0.4 is 5.32 Å². The maximum absolute atomic E-state index is 14.3. The molecule has 2 aliphatic carbocycles. The van der Waals surface area contributed by atoms with E-state index in [-0.39, 0.29) is 42.2 Å². The number of benzene rings is 3. The zero-order valence-corrected chi connectivity index (χ0v) is 33.2. The number of fused-ring (bicyclic) bond motifs is 11. The number of rotatable bonds is 5. The number of carbonyl (C=O) groups is 4. The lowest BCUT2D eigenvalue weighted by Crippen LogP contribution is -2.70. The Labute approximate surface area is 331 Å². The summed E-state index contributed by atoms with van der Waals surface area (Å²) in [5.41, 5.74) is 2.15. The minimum absolute atomic E-state index is 0.00803. The molecule has 300 valence electrons. The second kappa shape index (κ2) is 12.9. The lowest BCUT2D eigenvalue weighted by atomic mass is 9.58. The van der Waals surface area contributed by atoms with Crippen molar-refractivity contribution >= 4 is 40.0 Å². The first kappa shape index (κ1) is 37.1. The Morgan fingerprint density at radius 1 is 0.842 bits per heavy atom. The average Bonchev–Trinajstić information content (AvgIpc) is 3.41. The van der Waals surface area contributed by atoms with Crippen LogP contribution in [0.1, 0.15) is 129 Å². The van der Waals surface area contributed by atoms with Gasteiger partial charge in [0.05, 0.1) is 41.8 Å². The number of anilines is 1. The van der Waals surface area contributed by atoms with Crippen molar-refractivity contribution in [2.45, 2.75) is 134 Å². The van der Waals surface area contributed by atoms with Gasteiger partial charge in [0, 0.05) is 46.9 Å². The zero-order chi connectivity index (χ0) is 39.8. The summed E-state index contributed by atoms with van der Waals surface area (Å²) in [6, 6.07) is 13.1. The van der Waals surface area contributed by atoms with Crippen LogP contribution in [0.2, 0.25) is 0 Å². The summed E-state index contributed by atoms with van der Waals surface area (Å²) < 4.78 is 31.3. The van der Waals surface area contributed by atoms with Crippen molar-refractivity contribution < 1.29 is 52.6 Å². The van der Waals surface area contributed by atoms with Gasteiger partial charge < -0.3 is 29.0 Å². The second-order valence-corrected chi connectivity index (χ2v) is 18.1. The lowest BCUT2D eigenvalue weighted by Gasteiger charge is -2.59. The number of nitrogens with one attached hydrogen (secondary N) is 1. The van der Waals surface area contributed by atoms with Crippen molar-refractivity contribution in [1.29, 1.82) is 0 Å². The molecule has 1 saturated carbocycles. The highest BCUT2D eigenvalue weighted by atomic mass is 17.3. The molecule has 6 fully saturated rings. The van der Waals surface area contributed by atoms with Gasteiger partial charge in [-0.25, -0.2) is 9.78 Å². The summed E-state index contributed by atoms with van der Waals surface area (Å²) in [6.07, 6.45) is 0.191. The minimum atomic E-state index is -0.950. The number of hydrogen-bond acceptors (Lipinski definition) is 12. The Balaban J connectivity index is 0.833. The van der Waals surface area contributed by atoms with Gasteiger partial charge in [-0.1, -0.05) is 49.7 Å².